The summed E-state index contributed by atoms with van der Waals surface area (Å²) in [5.41, 5.74) is 1.85. The van der Waals surface area contributed by atoms with Crippen LogP contribution in [0.25, 0.3) is 0 Å². The first-order valence-corrected chi connectivity index (χ1v) is 9.09. The number of nitrogens with zero attached hydrogens (tertiary/aromatic N) is 2. The van der Waals surface area contributed by atoms with E-state index in [1.54, 1.807) is 18.2 Å². The van der Waals surface area contributed by atoms with Crippen molar-refractivity contribution in [3.8, 4) is 0 Å². The Morgan fingerprint density at radius 3 is 2.20 bits per heavy atom. The minimum atomic E-state index is -0.212. The van der Waals surface area contributed by atoms with Gasteiger partial charge in [0.25, 0.3) is 0 Å². The Bertz CT molecular complexity index is 710. The number of carbonyl (C=O) groups excluding carboxylic acids is 1. The molecule has 6 heteroatoms. The third-order valence-corrected chi connectivity index (χ3v) is 4.93. The molecule has 1 heterocycles. The molecule has 132 valence electrons. The van der Waals surface area contributed by atoms with Crippen molar-refractivity contribution in [2.45, 2.75) is 13.0 Å². The topological polar surface area (TPSA) is 35.6 Å². The molecule has 2 aromatic carbocycles. The van der Waals surface area contributed by atoms with Crippen LogP contribution in [0.5, 0.6) is 0 Å². The number of amides is 1. The Morgan fingerprint density at radius 2 is 1.60 bits per heavy atom. The predicted octanol–water partition coefficient (Wildman–Crippen LogP) is 4.14. The zero-order valence-electron chi connectivity index (χ0n) is 14.1. The minimum absolute atomic E-state index is 0.0495. The van der Waals surface area contributed by atoms with Crippen LogP contribution < -0.4 is 10.2 Å². The van der Waals surface area contributed by atoms with Gasteiger partial charge in [0.15, 0.2) is 0 Å². The van der Waals surface area contributed by atoms with Gasteiger partial charge >= 0.3 is 0 Å². The van der Waals surface area contributed by atoms with E-state index in [1.807, 2.05) is 25.1 Å². The molecule has 4 nitrogen and oxygen atoms in total. The van der Waals surface area contributed by atoms with E-state index < -0.39 is 0 Å². The lowest BCUT2D eigenvalue weighted by molar-refractivity contribution is -0.120. The second kappa shape index (κ2) is 8.09. The molecule has 1 N–H and O–H groups in total. The van der Waals surface area contributed by atoms with E-state index in [0.717, 1.165) is 26.2 Å². The van der Waals surface area contributed by atoms with Crippen molar-refractivity contribution >= 4 is 40.5 Å². The zero-order valence-corrected chi connectivity index (χ0v) is 15.6. The van der Waals surface area contributed by atoms with Gasteiger partial charge in [-0.05, 0) is 37.3 Å². The fourth-order valence-electron chi connectivity index (χ4n) is 3.04. The van der Waals surface area contributed by atoms with Gasteiger partial charge in [-0.15, -0.1) is 0 Å². The molecule has 0 aliphatic carbocycles. The molecule has 1 fully saturated rings. The summed E-state index contributed by atoms with van der Waals surface area (Å²) in [4.78, 5) is 17.1. The molecule has 1 aliphatic rings. The van der Waals surface area contributed by atoms with Gasteiger partial charge in [0.2, 0.25) is 5.91 Å². The molecule has 2 aromatic rings. The van der Waals surface area contributed by atoms with Crippen molar-refractivity contribution in [1.29, 1.82) is 0 Å². The third-order valence-electron chi connectivity index (χ3n) is 4.49. The highest BCUT2D eigenvalue weighted by molar-refractivity contribution is 6.35. The highest BCUT2D eigenvalue weighted by Gasteiger charge is 2.25. The largest absolute Gasteiger partial charge is 0.369 e. The molecule has 0 bridgehead atoms. The predicted molar refractivity (Wildman–Crippen MR) is 105 cm³/mol. The normalized spacial score (nSPS) is 16.5. The quantitative estimate of drug-likeness (QED) is 0.869. The molecule has 3 rings (SSSR count). The Morgan fingerprint density at radius 1 is 1.00 bits per heavy atom. The molecule has 0 radical (unpaired) electrons. The number of hydrogen-bond donors (Lipinski definition) is 1. The van der Waals surface area contributed by atoms with E-state index in [2.05, 4.69) is 27.2 Å². The monoisotopic (exact) mass is 377 g/mol. The maximum absolute atomic E-state index is 12.5. The standard InChI is InChI=1S/C19H21Cl2N3O/c1-14(19(25)22-17-12-15(20)11-16(21)13-17)23-7-9-24(10-8-23)18-5-3-2-4-6-18/h2-6,11-14H,7-10H2,1H3,(H,22,25)/t14-/m0/s1. The Labute approximate surface area is 158 Å². The number of benzene rings is 2. The van der Waals surface area contributed by atoms with Crippen LogP contribution in [-0.2, 0) is 4.79 Å². The summed E-state index contributed by atoms with van der Waals surface area (Å²) in [6.07, 6.45) is 0. The number of nitrogens with one attached hydrogen (secondary N) is 1. The molecular formula is C19H21Cl2N3O. The summed E-state index contributed by atoms with van der Waals surface area (Å²) < 4.78 is 0. The van der Waals surface area contributed by atoms with E-state index in [0.29, 0.717) is 15.7 Å². The number of hydrogen-bond acceptors (Lipinski definition) is 3. The molecule has 25 heavy (non-hydrogen) atoms. The van der Waals surface area contributed by atoms with Gasteiger partial charge in [0, 0.05) is 47.6 Å². The number of para-hydroxylation sites is 1. The fourth-order valence-corrected chi connectivity index (χ4v) is 3.57. The summed E-state index contributed by atoms with van der Waals surface area (Å²) in [5.74, 6) is -0.0495. The van der Waals surface area contributed by atoms with Crippen LogP contribution in [0.4, 0.5) is 11.4 Å². The molecule has 1 atom stereocenters. The van der Waals surface area contributed by atoms with Crippen LogP contribution in [0, 0.1) is 0 Å². The van der Waals surface area contributed by atoms with Crippen LogP contribution in [0.3, 0.4) is 0 Å². The lowest BCUT2D eigenvalue weighted by Gasteiger charge is -2.38. The van der Waals surface area contributed by atoms with Gasteiger partial charge in [0.1, 0.15) is 0 Å². The number of rotatable bonds is 4. The smallest absolute Gasteiger partial charge is 0.241 e. The molecule has 1 aliphatic heterocycles. The van der Waals surface area contributed by atoms with E-state index in [4.69, 9.17) is 23.2 Å². The fraction of sp³-hybridized carbons (Fsp3) is 0.316. The molecular weight excluding hydrogens is 357 g/mol. The summed E-state index contributed by atoms with van der Waals surface area (Å²) in [6.45, 7) is 5.44. The van der Waals surface area contributed by atoms with Gasteiger partial charge in [-0.25, -0.2) is 0 Å². The van der Waals surface area contributed by atoms with E-state index >= 15 is 0 Å². The van der Waals surface area contributed by atoms with Gasteiger partial charge in [-0.1, -0.05) is 41.4 Å². The molecule has 0 aromatic heterocycles. The van der Waals surface area contributed by atoms with Crippen molar-refractivity contribution in [1.82, 2.24) is 4.90 Å². The Kier molecular flexibility index (Phi) is 5.84. The number of anilines is 2. The first-order valence-electron chi connectivity index (χ1n) is 8.34. The number of carbonyl (C=O) groups is 1. The average Bonchev–Trinajstić information content (AvgIpc) is 2.61. The van der Waals surface area contributed by atoms with Crippen molar-refractivity contribution in [3.63, 3.8) is 0 Å². The Hall–Kier alpha value is -1.75. The second-order valence-corrected chi connectivity index (χ2v) is 7.05. The van der Waals surface area contributed by atoms with Crippen molar-refractivity contribution in [3.05, 3.63) is 58.6 Å². The van der Waals surface area contributed by atoms with Crippen molar-refractivity contribution < 1.29 is 4.79 Å². The first kappa shape index (κ1) is 18.1. The summed E-state index contributed by atoms with van der Waals surface area (Å²) in [7, 11) is 0. The zero-order chi connectivity index (χ0) is 17.8. The molecule has 1 saturated heterocycles. The number of halogens is 2. The van der Waals surface area contributed by atoms with E-state index in [1.165, 1.54) is 5.69 Å². The first-order chi connectivity index (χ1) is 12.0. The van der Waals surface area contributed by atoms with Crippen LogP contribution in [0.1, 0.15) is 6.92 Å². The third kappa shape index (κ3) is 4.66. The van der Waals surface area contributed by atoms with Crippen molar-refractivity contribution in [2.24, 2.45) is 0 Å². The lowest BCUT2D eigenvalue weighted by Crippen LogP contribution is -2.52. The molecule has 0 unspecified atom stereocenters. The van der Waals surface area contributed by atoms with Gasteiger partial charge in [-0.3, -0.25) is 9.69 Å². The SMILES string of the molecule is C[C@@H](C(=O)Nc1cc(Cl)cc(Cl)c1)N1CCN(c2ccccc2)CC1. The lowest BCUT2D eigenvalue weighted by atomic mass is 10.2. The molecule has 1 amide bonds. The maximum atomic E-state index is 12.5. The highest BCUT2D eigenvalue weighted by Crippen LogP contribution is 2.23. The van der Waals surface area contributed by atoms with Crippen molar-refractivity contribution in [2.75, 3.05) is 36.4 Å². The Balaban J connectivity index is 1.56. The van der Waals surface area contributed by atoms with Gasteiger partial charge < -0.3 is 10.2 Å². The number of piperazine rings is 1. The highest BCUT2D eigenvalue weighted by atomic mass is 35.5. The summed E-state index contributed by atoms with van der Waals surface area (Å²) >= 11 is 12.0. The average molecular weight is 378 g/mol. The van der Waals surface area contributed by atoms with Gasteiger partial charge in [-0.2, -0.15) is 0 Å². The minimum Gasteiger partial charge on any atom is -0.369 e. The van der Waals surface area contributed by atoms with Crippen LogP contribution >= 0.6 is 23.2 Å². The van der Waals surface area contributed by atoms with Gasteiger partial charge in [0.05, 0.1) is 6.04 Å². The maximum Gasteiger partial charge on any atom is 0.241 e. The molecule has 0 saturated carbocycles. The van der Waals surface area contributed by atoms with E-state index in [-0.39, 0.29) is 11.9 Å². The summed E-state index contributed by atoms with van der Waals surface area (Å²) in [6, 6.07) is 15.2. The van der Waals surface area contributed by atoms with Crippen LogP contribution in [0.2, 0.25) is 10.0 Å². The van der Waals surface area contributed by atoms with Crippen LogP contribution in [0.15, 0.2) is 48.5 Å². The van der Waals surface area contributed by atoms with Crippen LogP contribution in [-0.4, -0.2) is 43.0 Å². The summed E-state index contributed by atoms with van der Waals surface area (Å²) in [5, 5.41) is 3.91. The molecule has 0 spiro atoms. The van der Waals surface area contributed by atoms with E-state index in [9.17, 15) is 4.79 Å². The second-order valence-electron chi connectivity index (χ2n) is 6.18.